The predicted molar refractivity (Wildman–Crippen MR) is 81.8 cm³/mol. The van der Waals surface area contributed by atoms with Crippen molar-refractivity contribution in [3.8, 4) is 5.75 Å². The monoisotopic (exact) mass is 338 g/mol. The Morgan fingerprint density at radius 2 is 2.20 bits per heavy atom. The molecule has 1 heterocycles. The van der Waals surface area contributed by atoms with Gasteiger partial charge in [-0.15, -0.1) is 0 Å². The maximum absolute atomic E-state index is 14.3. The smallest absolute Gasteiger partial charge is 0.169 e. The summed E-state index contributed by atoms with van der Waals surface area (Å²) in [7, 11) is 1.47. The fourth-order valence-electron chi connectivity index (χ4n) is 2.00. The molecule has 0 saturated heterocycles. The number of ether oxygens (including phenoxy) is 1. The lowest BCUT2D eigenvalue weighted by molar-refractivity contribution is 0.382. The minimum absolute atomic E-state index is 0.0142. The van der Waals surface area contributed by atoms with Gasteiger partial charge in [-0.05, 0) is 24.3 Å². The predicted octanol–water partition coefficient (Wildman–Crippen LogP) is 4.21. The Hall–Kier alpha value is -1.62. The molecule has 1 aromatic heterocycles. The van der Waals surface area contributed by atoms with Gasteiger partial charge in [0.15, 0.2) is 11.6 Å². The zero-order valence-corrected chi connectivity index (χ0v) is 12.9. The molecule has 0 aliphatic heterocycles. The molecule has 2 aromatic rings. The van der Waals surface area contributed by atoms with Crippen LogP contribution < -0.4 is 10.1 Å². The second kappa shape index (κ2) is 6.70. The van der Waals surface area contributed by atoms with E-state index in [0.717, 1.165) is 10.2 Å². The van der Waals surface area contributed by atoms with Gasteiger partial charge in [-0.1, -0.05) is 22.9 Å². The molecule has 0 radical (unpaired) electrons. The van der Waals surface area contributed by atoms with Crippen molar-refractivity contribution in [3.63, 3.8) is 0 Å². The SMILES string of the molecule is COc1ccc(Br)c(C(C)CNc2cccnc2)c1F. The standard InChI is InChI=1S/C15H16BrFN2O/c1-10(8-19-11-4-3-7-18-9-11)14-12(16)5-6-13(20-2)15(14)17/h3-7,9-10,19H,8H2,1-2H3. The van der Waals surface area contributed by atoms with Crippen LogP contribution in [0.25, 0.3) is 0 Å². The first-order valence-electron chi connectivity index (χ1n) is 6.29. The number of rotatable bonds is 5. The molecule has 1 atom stereocenters. The van der Waals surface area contributed by atoms with Gasteiger partial charge < -0.3 is 10.1 Å². The zero-order valence-electron chi connectivity index (χ0n) is 11.4. The molecule has 5 heteroatoms. The highest BCUT2D eigenvalue weighted by atomic mass is 79.9. The molecule has 106 valence electrons. The number of hydrogen-bond donors (Lipinski definition) is 1. The molecule has 0 aliphatic carbocycles. The molecular formula is C15H16BrFN2O. The number of benzene rings is 1. The lowest BCUT2D eigenvalue weighted by atomic mass is 10.00. The van der Waals surface area contributed by atoms with Crippen LogP contribution in [0.2, 0.25) is 0 Å². The number of pyridine rings is 1. The minimum atomic E-state index is -0.317. The fraction of sp³-hybridized carbons (Fsp3) is 0.267. The van der Waals surface area contributed by atoms with Crippen molar-refractivity contribution in [1.82, 2.24) is 4.98 Å². The van der Waals surface area contributed by atoms with Gasteiger partial charge in [-0.2, -0.15) is 0 Å². The summed E-state index contributed by atoms with van der Waals surface area (Å²) in [6.45, 7) is 2.57. The van der Waals surface area contributed by atoms with Crippen LogP contribution in [0.4, 0.5) is 10.1 Å². The Kier molecular flexibility index (Phi) is 4.95. The summed E-state index contributed by atoms with van der Waals surface area (Å²) >= 11 is 3.40. The van der Waals surface area contributed by atoms with Gasteiger partial charge in [0.05, 0.1) is 12.8 Å². The summed E-state index contributed by atoms with van der Waals surface area (Å²) in [6.07, 6.45) is 3.45. The Morgan fingerprint density at radius 1 is 1.40 bits per heavy atom. The number of aromatic nitrogens is 1. The highest BCUT2D eigenvalue weighted by Crippen LogP contribution is 2.33. The summed E-state index contributed by atoms with van der Waals surface area (Å²) in [5, 5.41) is 3.24. The van der Waals surface area contributed by atoms with Crippen molar-refractivity contribution in [2.45, 2.75) is 12.8 Å². The van der Waals surface area contributed by atoms with Crippen LogP contribution in [0.3, 0.4) is 0 Å². The lowest BCUT2D eigenvalue weighted by Gasteiger charge is -2.17. The molecule has 20 heavy (non-hydrogen) atoms. The second-order valence-electron chi connectivity index (χ2n) is 4.50. The summed E-state index contributed by atoms with van der Waals surface area (Å²) in [5.41, 5.74) is 1.53. The first kappa shape index (κ1) is 14.8. The third-order valence-electron chi connectivity index (χ3n) is 3.08. The van der Waals surface area contributed by atoms with Gasteiger partial charge in [0.25, 0.3) is 0 Å². The molecule has 0 spiro atoms. The highest BCUT2D eigenvalue weighted by molar-refractivity contribution is 9.10. The van der Waals surface area contributed by atoms with Gasteiger partial charge in [-0.3, -0.25) is 4.98 Å². The van der Waals surface area contributed by atoms with E-state index < -0.39 is 0 Å². The van der Waals surface area contributed by atoms with Crippen molar-refractivity contribution < 1.29 is 9.13 Å². The van der Waals surface area contributed by atoms with Gasteiger partial charge in [-0.25, -0.2) is 4.39 Å². The van der Waals surface area contributed by atoms with Crippen LogP contribution >= 0.6 is 15.9 Å². The molecule has 1 N–H and O–H groups in total. The van der Waals surface area contributed by atoms with Crippen molar-refractivity contribution in [3.05, 3.63) is 52.5 Å². The molecule has 2 rings (SSSR count). The van der Waals surface area contributed by atoms with Crippen LogP contribution in [-0.2, 0) is 0 Å². The molecule has 3 nitrogen and oxygen atoms in total. The van der Waals surface area contributed by atoms with Crippen LogP contribution in [-0.4, -0.2) is 18.6 Å². The third-order valence-corrected chi connectivity index (χ3v) is 3.77. The van der Waals surface area contributed by atoms with E-state index in [1.807, 2.05) is 19.1 Å². The molecule has 0 saturated carbocycles. The van der Waals surface area contributed by atoms with Crippen LogP contribution in [0.15, 0.2) is 41.1 Å². The summed E-state index contributed by atoms with van der Waals surface area (Å²) in [4.78, 5) is 4.03. The fourth-order valence-corrected chi connectivity index (χ4v) is 2.70. The van der Waals surface area contributed by atoms with Crippen LogP contribution in [0.1, 0.15) is 18.4 Å². The first-order chi connectivity index (χ1) is 9.63. The normalized spacial score (nSPS) is 12.0. The molecule has 0 aliphatic rings. The number of methoxy groups -OCH3 is 1. The Morgan fingerprint density at radius 3 is 2.85 bits per heavy atom. The maximum Gasteiger partial charge on any atom is 0.169 e. The number of nitrogens with zero attached hydrogens (tertiary/aromatic N) is 1. The zero-order chi connectivity index (χ0) is 14.5. The second-order valence-corrected chi connectivity index (χ2v) is 5.36. The van der Waals surface area contributed by atoms with Crippen LogP contribution in [0.5, 0.6) is 5.75 Å². The van der Waals surface area contributed by atoms with Gasteiger partial charge in [0, 0.05) is 34.9 Å². The summed E-state index contributed by atoms with van der Waals surface area (Å²) < 4.78 is 20.1. The van der Waals surface area contributed by atoms with Crippen molar-refractivity contribution >= 4 is 21.6 Å². The van der Waals surface area contributed by atoms with Crippen molar-refractivity contribution in [1.29, 1.82) is 0 Å². The minimum Gasteiger partial charge on any atom is -0.494 e. The highest BCUT2D eigenvalue weighted by Gasteiger charge is 2.18. The van der Waals surface area contributed by atoms with Gasteiger partial charge in [0.1, 0.15) is 0 Å². The first-order valence-corrected chi connectivity index (χ1v) is 7.08. The van der Waals surface area contributed by atoms with E-state index in [-0.39, 0.29) is 17.5 Å². The topological polar surface area (TPSA) is 34.1 Å². The Labute approximate surface area is 126 Å². The quantitative estimate of drug-likeness (QED) is 0.886. The molecule has 0 amide bonds. The number of anilines is 1. The molecular weight excluding hydrogens is 323 g/mol. The number of hydrogen-bond acceptors (Lipinski definition) is 3. The van der Waals surface area contributed by atoms with Gasteiger partial charge >= 0.3 is 0 Å². The van der Waals surface area contributed by atoms with Crippen molar-refractivity contribution in [2.24, 2.45) is 0 Å². The van der Waals surface area contributed by atoms with Crippen LogP contribution in [0, 0.1) is 5.82 Å². The molecule has 0 fully saturated rings. The van der Waals surface area contributed by atoms with E-state index in [1.165, 1.54) is 7.11 Å². The Bertz CT molecular complexity index is 578. The number of halogens is 2. The molecule has 1 unspecified atom stereocenters. The average Bonchev–Trinajstić information content (AvgIpc) is 2.46. The third kappa shape index (κ3) is 3.28. The van der Waals surface area contributed by atoms with E-state index in [9.17, 15) is 4.39 Å². The van der Waals surface area contributed by atoms with E-state index in [2.05, 4.69) is 26.2 Å². The largest absolute Gasteiger partial charge is 0.494 e. The molecule has 0 bridgehead atoms. The summed E-state index contributed by atoms with van der Waals surface area (Å²) in [5.74, 6) is -0.0709. The van der Waals surface area contributed by atoms with Gasteiger partial charge in [0.2, 0.25) is 0 Å². The summed E-state index contributed by atoms with van der Waals surface area (Å²) in [6, 6.07) is 7.20. The number of nitrogens with one attached hydrogen (secondary N) is 1. The van der Waals surface area contributed by atoms with E-state index in [1.54, 1.807) is 24.5 Å². The van der Waals surface area contributed by atoms with E-state index in [4.69, 9.17) is 4.74 Å². The maximum atomic E-state index is 14.3. The van der Waals surface area contributed by atoms with E-state index in [0.29, 0.717) is 12.1 Å². The average molecular weight is 339 g/mol. The lowest BCUT2D eigenvalue weighted by Crippen LogP contribution is -2.12. The Balaban J connectivity index is 2.15. The molecule has 1 aromatic carbocycles. The van der Waals surface area contributed by atoms with E-state index >= 15 is 0 Å². The van der Waals surface area contributed by atoms with Crippen molar-refractivity contribution in [2.75, 3.05) is 19.0 Å².